The molecule has 2 atom stereocenters. The zero-order valence-electron chi connectivity index (χ0n) is 17.7. The van der Waals surface area contributed by atoms with E-state index in [0.717, 1.165) is 49.6 Å². The molecule has 7 heteroatoms. The number of carbonyl (C=O) groups is 1. The molecule has 0 unspecified atom stereocenters. The van der Waals surface area contributed by atoms with Crippen LogP contribution in [0.15, 0.2) is 12.1 Å². The smallest absolute Gasteiger partial charge is 0.242 e. The third kappa shape index (κ3) is 4.17. The highest BCUT2D eigenvalue weighted by Crippen LogP contribution is 2.22. The number of ether oxygens (including phenoxy) is 1. The van der Waals surface area contributed by atoms with Gasteiger partial charge in [0.05, 0.1) is 30.4 Å². The second-order valence-electron chi connectivity index (χ2n) is 8.41. The van der Waals surface area contributed by atoms with Crippen molar-refractivity contribution in [3.05, 3.63) is 29.1 Å². The predicted octanol–water partition coefficient (Wildman–Crippen LogP) is 1.65. The fourth-order valence-corrected chi connectivity index (χ4v) is 4.59. The summed E-state index contributed by atoms with van der Waals surface area (Å²) in [5, 5.41) is 10.7. The lowest BCUT2D eigenvalue weighted by Gasteiger charge is -2.36. The summed E-state index contributed by atoms with van der Waals surface area (Å²) in [4.78, 5) is 22.0. The number of amides is 1. The predicted molar refractivity (Wildman–Crippen MR) is 112 cm³/mol. The van der Waals surface area contributed by atoms with Gasteiger partial charge in [0, 0.05) is 32.2 Å². The molecule has 0 radical (unpaired) electrons. The molecule has 4 rings (SSSR count). The number of fused-ring (bicyclic) bond motifs is 1. The zero-order chi connectivity index (χ0) is 20.5. The molecule has 158 valence electrons. The molecule has 2 aromatic rings. The van der Waals surface area contributed by atoms with Crippen LogP contribution in [-0.4, -0.2) is 81.9 Å². The molecule has 1 aromatic heterocycles. The molecular weight excluding hydrogens is 368 g/mol. The highest BCUT2D eigenvalue weighted by molar-refractivity contribution is 5.82. The first kappa shape index (κ1) is 20.3. The number of hydrogen-bond donors (Lipinski definition) is 1. The van der Waals surface area contributed by atoms with Crippen molar-refractivity contribution in [2.45, 2.75) is 52.3 Å². The molecule has 0 bridgehead atoms. The Labute approximate surface area is 172 Å². The minimum atomic E-state index is -0.396. The average molecular weight is 401 g/mol. The van der Waals surface area contributed by atoms with E-state index < -0.39 is 6.10 Å². The Morgan fingerprint density at radius 2 is 1.79 bits per heavy atom. The molecule has 7 nitrogen and oxygen atoms in total. The fraction of sp³-hybridized carbons (Fsp3) is 0.636. The molecule has 1 N–H and O–H groups in total. The van der Waals surface area contributed by atoms with Gasteiger partial charge in [0.1, 0.15) is 12.4 Å². The van der Waals surface area contributed by atoms with Crippen LogP contribution in [0.3, 0.4) is 0 Å². The van der Waals surface area contributed by atoms with Crippen LogP contribution in [0.2, 0.25) is 0 Å². The van der Waals surface area contributed by atoms with Crippen molar-refractivity contribution in [2.24, 2.45) is 0 Å². The summed E-state index contributed by atoms with van der Waals surface area (Å²) in [6, 6.07) is 4.32. The van der Waals surface area contributed by atoms with Crippen molar-refractivity contribution in [1.82, 2.24) is 19.4 Å². The van der Waals surface area contributed by atoms with Crippen LogP contribution < -0.4 is 0 Å². The van der Waals surface area contributed by atoms with E-state index in [2.05, 4.69) is 35.9 Å². The monoisotopic (exact) mass is 400 g/mol. The SMILES string of the molecule is Cc1cc2nc(C)n(CC(=O)N3CC[C@H](O)[C@@H](N4CCOCC4)CC3)c2cc1C. The second-order valence-corrected chi connectivity index (χ2v) is 8.41. The fourth-order valence-electron chi connectivity index (χ4n) is 4.59. The maximum Gasteiger partial charge on any atom is 0.242 e. The van der Waals surface area contributed by atoms with Crippen LogP contribution in [0.1, 0.15) is 29.8 Å². The molecule has 1 aromatic carbocycles. The van der Waals surface area contributed by atoms with Gasteiger partial charge in [-0.1, -0.05) is 0 Å². The number of benzene rings is 1. The summed E-state index contributed by atoms with van der Waals surface area (Å²) >= 11 is 0. The topological polar surface area (TPSA) is 70.8 Å². The Hall–Kier alpha value is -1.96. The first-order chi connectivity index (χ1) is 13.9. The van der Waals surface area contributed by atoms with Gasteiger partial charge in [-0.05, 0) is 56.9 Å². The van der Waals surface area contributed by atoms with Crippen molar-refractivity contribution >= 4 is 16.9 Å². The summed E-state index contributed by atoms with van der Waals surface area (Å²) in [5.41, 5.74) is 4.37. The van der Waals surface area contributed by atoms with Gasteiger partial charge in [-0.2, -0.15) is 0 Å². The van der Waals surface area contributed by atoms with Crippen molar-refractivity contribution < 1.29 is 14.6 Å². The summed E-state index contributed by atoms with van der Waals surface area (Å²) in [6.07, 6.45) is 1.03. The van der Waals surface area contributed by atoms with E-state index in [0.29, 0.717) is 26.1 Å². The Bertz CT molecular complexity index is 888. The van der Waals surface area contributed by atoms with E-state index in [1.807, 2.05) is 16.4 Å². The second kappa shape index (κ2) is 8.42. The summed E-state index contributed by atoms with van der Waals surface area (Å²) in [5.74, 6) is 0.958. The molecule has 1 amide bonds. The highest BCUT2D eigenvalue weighted by Gasteiger charge is 2.32. The largest absolute Gasteiger partial charge is 0.391 e. The highest BCUT2D eigenvalue weighted by atomic mass is 16.5. The Balaban J connectivity index is 1.47. The van der Waals surface area contributed by atoms with Crippen molar-refractivity contribution in [2.75, 3.05) is 39.4 Å². The molecule has 2 saturated heterocycles. The van der Waals surface area contributed by atoms with Crippen LogP contribution in [0.25, 0.3) is 11.0 Å². The Kier molecular flexibility index (Phi) is 5.90. The van der Waals surface area contributed by atoms with Crippen LogP contribution in [0.4, 0.5) is 0 Å². The van der Waals surface area contributed by atoms with E-state index in [1.165, 1.54) is 11.1 Å². The molecule has 2 aliphatic rings. The van der Waals surface area contributed by atoms with Gasteiger partial charge in [-0.25, -0.2) is 4.98 Å². The molecule has 0 spiro atoms. The molecule has 3 heterocycles. The van der Waals surface area contributed by atoms with E-state index in [9.17, 15) is 9.90 Å². The molecule has 29 heavy (non-hydrogen) atoms. The maximum atomic E-state index is 13.1. The lowest BCUT2D eigenvalue weighted by atomic mass is 10.0. The van der Waals surface area contributed by atoms with Crippen LogP contribution >= 0.6 is 0 Å². The van der Waals surface area contributed by atoms with Gasteiger partial charge in [0.2, 0.25) is 5.91 Å². The van der Waals surface area contributed by atoms with E-state index in [-0.39, 0.29) is 11.9 Å². The molecular formula is C22H32N4O3. The molecule has 2 fully saturated rings. The molecule has 0 saturated carbocycles. The van der Waals surface area contributed by atoms with E-state index in [4.69, 9.17) is 4.74 Å². The zero-order valence-corrected chi connectivity index (χ0v) is 17.7. The standard InChI is InChI=1S/C22H32N4O3/c1-15-12-18-20(13-16(15)2)26(17(3)23-18)14-22(28)25-6-4-19(21(27)5-7-25)24-8-10-29-11-9-24/h12-13,19,21,27H,4-11,14H2,1-3H3/t19-,21-/m0/s1. The third-order valence-electron chi connectivity index (χ3n) is 6.55. The van der Waals surface area contributed by atoms with Crippen molar-refractivity contribution in [3.8, 4) is 0 Å². The van der Waals surface area contributed by atoms with Crippen molar-refractivity contribution in [1.29, 1.82) is 0 Å². The number of hydrogen-bond acceptors (Lipinski definition) is 5. The van der Waals surface area contributed by atoms with Crippen LogP contribution in [-0.2, 0) is 16.1 Å². The minimum Gasteiger partial charge on any atom is -0.391 e. The molecule has 0 aliphatic carbocycles. The summed E-state index contributed by atoms with van der Waals surface area (Å²) in [6.45, 7) is 10.9. The number of aryl methyl sites for hydroxylation is 3. The lowest BCUT2D eigenvalue weighted by molar-refractivity contribution is -0.131. The minimum absolute atomic E-state index is 0.0976. The average Bonchev–Trinajstić information content (AvgIpc) is 2.87. The number of aliphatic hydroxyl groups excluding tert-OH is 1. The van der Waals surface area contributed by atoms with Gasteiger partial charge in [-0.3, -0.25) is 9.69 Å². The lowest BCUT2D eigenvalue weighted by Crippen LogP contribution is -2.49. The number of nitrogens with zero attached hydrogens (tertiary/aromatic N) is 4. The van der Waals surface area contributed by atoms with Gasteiger partial charge in [0.25, 0.3) is 0 Å². The van der Waals surface area contributed by atoms with Gasteiger partial charge >= 0.3 is 0 Å². The van der Waals surface area contributed by atoms with E-state index in [1.54, 1.807) is 0 Å². The Morgan fingerprint density at radius 1 is 1.10 bits per heavy atom. The Morgan fingerprint density at radius 3 is 2.55 bits per heavy atom. The molecule has 2 aliphatic heterocycles. The van der Waals surface area contributed by atoms with Crippen LogP contribution in [0, 0.1) is 20.8 Å². The van der Waals surface area contributed by atoms with Crippen LogP contribution in [0.5, 0.6) is 0 Å². The number of morpholine rings is 1. The van der Waals surface area contributed by atoms with E-state index >= 15 is 0 Å². The van der Waals surface area contributed by atoms with Gasteiger partial charge in [0.15, 0.2) is 0 Å². The first-order valence-corrected chi connectivity index (χ1v) is 10.7. The number of likely N-dealkylation sites (tertiary alicyclic amines) is 1. The number of aromatic nitrogens is 2. The van der Waals surface area contributed by atoms with Gasteiger partial charge in [-0.15, -0.1) is 0 Å². The quantitative estimate of drug-likeness (QED) is 0.848. The number of imidazole rings is 1. The number of carbonyl (C=O) groups excluding carboxylic acids is 1. The number of aliphatic hydroxyl groups is 1. The maximum absolute atomic E-state index is 13.1. The summed E-state index contributed by atoms with van der Waals surface area (Å²) in [7, 11) is 0. The number of rotatable bonds is 3. The normalized spacial score (nSPS) is 24.1. The first-order valence-electron chi connectivity index (χ1n) is 10.7. The third-order valence-corrected chi connectivity index (χ3v) is 6.55. The van der Waals surface area contributed by atoms with Gasteiger partial charge < -0.3 is 19.3 Å². The summed E-state index contributed by atoms with van der Waals surface area (Å²) < 4.78 is 7.46. The van der Waals surface area contributed by atoms with Crippen molar-refractivity contribution in [3.63, 3.8) is 0 Å².